The first kappa shape index (κ1) is 19.8. The Balaban J connectivity index is 1.45. The van der Waals surface area contributed by atoms with Crippen molar-refractivity contribution in [3.8, 4) is 22.8 Å². The van der Waals surface area contributed by atoms with Crippen LogP contribution in [0.5, 0.6) is 11.5 Å². The normalized spacial score (nSPS) is 12.8. The van der Waals surface area contributed by atoms with E-state index in [1.807, 2.05) is 49.0 Å². The summed E-state index contributed by atoms with van der Waals surface area (Å²) in [4.78, 5) is 20.0. The fourth-order valence-electron chi connectivity index (χ4n) is 3.17. The average molecular weight is 430 g/mol. The molecule has 0 spiro atoms. The number of hydrogen-bond donors (Lipinski definition) is 0. The molecule has 3 aromatic rings. The minimum absolute atomic E-state index is 0.0925. The second kappa shape index (κ2) is 8.92. The van der Waals surface area contributed by atoms with Gasteiger partial charge in [0.1, 0.15) is 13.2 Å². The Morgan fingerprint density at radius 1 is 1.28 bits per heavy atom. The first-order valence-corrected chi connectivity index (χ1v) is 11.4. The van der Waals surface area contributed by atoms with Crippen LogP contribution in [0, 0.1) is 0 Å². The van der Waals surface area contributed by atoms with Gasteiger partial charge in [0.05, 0.1) is 24.2 Å². The lowest BCUT2D eigenvalue weighted by molar-refractivity contribution is -0.127. The molecule has 6 nitrogen and oxygen atoms in total. The average Bonchev–Trinajstić information content (AvgIpc) is 3.40. The van der Waals surface area contributed by atoms with Crippen LogP contribution in [0.1, 0.15) is 11.8 Å². The third-order valence-electron chi connectivity index (χ3n) is 4.70. The maximum atomic E-state index is 12.5. The number of amides is 1. The van der Waals surface area contributed by atoms with Crippen molar-refractivity contribution >= 4 is 29.0 Å². The summed E-state index contributed by atoms with van der Waals surface area (Å²) in [5, 5.41) is 2.87. The number of thioether (sulfide) groups is 1. The molecule has 0 saturated carbocycles. The summed E-state index contributed by atoms with van der Waals surface area (Å²) < 4.78 is 13.4. The van der Waals surface area contributed by atoms with Crippen molar-refractivity contribution in [3.63, 3.8) is 0 Å². The van der Waals surface area contributed by atoms with E-state index in [9.17, 15) is 4.79 Å². The van der Waals surface area contributed by atoms with Crippen LogP contribution in [0.15, 0.2) is 47.1 Å². The third kappa shape index (κ3) is 4.43. The van der Waals surface area contributed by atoms with Crippen LogP contribution in [0.25, 0.3) is 11.3 Å². The number of hydrogen-bond acceptors (Lipinski definition) is 6. The van der Waals surface area contributed by atoms with Crippen LogP contribution in [-0.4, -0.2) is 46.4 Å². The fourth-order valence-corrected chi connectivity index (χ4v) is 4.91. The molecular formula is C21H23N3O3S2. The summed E-state index contributed by atoms with van der Waals surface area (Å²) in [5.41, 5.74) is 2.03. The van der Waals surface area contributed by atoms with Crippen molar-refractivity contribution in [1.82, 2.24) is 14.5 Å². The largest absolute Gasteiger partial charge is 0.486 e. The molecule has 0 N–H and O–H groups in total. The van der Waals surface area contributed by atoms with E-state index in [2.05, 4.69) is 16.5 Å². The van der Waals surface area contributed by atoms with E-state index in [4.69, 9.17) is 9.47 Å². The van der Waals surface area contributed by atoms with Gasteiger partial charge in [-0.3, -0.25) is 4.79 Å². The van der Waals surface area contributed by atoms with Crippen molar-refractivity contribution < 1.29 is 14.3 Å². The van der Waals surface area contributed by atoms with Crippen molar-refractivity contribution in [2.24, 2.45) is 0 Å². The number of imidazole rings is 1. The molecule has 1 aliphatic rings. The Hall–Kier alpha value is -2.45. The Bertz CT molecular complexity index is 985. The Labute approximate surface area is 178 Å². The molecule has 0 atom stereocenters. The summed E-state index contributed by atoms with van der Waals surface area (Å²) in [7, 11) is 1.84. The maximum absolute atomic E-state index is 12.5. The van der Waals surface area contributed by atoms with Crippen LogP contribution < -0.4 is 9.47 Å². The fraction of sp³-hybridized carbons (Fsp3) is 0.333. The van der Waals surface area contributed by atoms with Gasteiger partial charge in [-0.15, -0.1) is 11.3 Å². The number of ether oxygens (including phenoxy) is 2. The minimum atomic E-state index is 0.0925. The molecule has 8 heteroatoms. The summed E-state index contributed by atoms with van der Waals surface area (Å²) in [6.45, 7) is 4.63. The molecule has 0 aliphatic carbocycles. The number of carbonyl (C=O) groups is 1. The highest BCUT2D eigenvalue weighted by atomic mass is 32.2. The van der Waals surface area contributed by atoms with Gasteiger partial charge in [-0.05, 0) is 36.6 Å². The van der Waals surface area contributed by atoms with Crippen LogP contribution in [0.2, 0.25) is 0 Å². The zero-order valence-electron chi connectivity index (χ0n) is 16.5. The molecule has 0 saturated heterocycles. The van der Waals surface area contributed by atoms with Gasteiger partial charge in [-0.1, -0.05) is 17.8 Å². The van der Waals surface area contributed by atoms with E-state index in [-0.39, 0.29) is 5.91 Å². The maximum Gasteiger partial charge on any atom is 0.233 e. The number of aromatic nitrogens is 2. The summed E-state index contributed by atoms with van der Waals surface area (Å²) >= 11 is 3.14. The SMILES string of the molecule is CCn1c(-c2ccc3c(c2)OCCO3)cnc1SCC(=O)N(C)Cc1cccs1. The van der Waals surface area contributed by atoms with Crippen LogP contribution >= 0.6 is 23.1 Å². The van der Waals surface area contributed by atoms with Crippen LogP contribution in [0.4, 0.5) is 0 Å². The Kier molecular flexibility index (Phi) is 6.10. The van der Waals surface area contributed by atoms with Gasteiger partial charge in [-0.25, -0.2) is 4.98 Å². The predicted molar refractivity (Wildman–Crippen MR) is 116 cm³/mol. The van der Waals surface area contributed by atoms with Crippen molar-refractivity contribution in [1.29, 1.82) is 0 Å². The van der Waals surface area contributed by atoms with Crippen LogP contribution in [0.3, 0.4) is 0 Å². The van der Waals surface area contributed by atoms with Crippen molar-refractivity contribution in [2.75, 3.05) is 26.0 Å². The second-order valence-corrected chi connectivity index (χ2v) is 8.62. The molecule has 1 aliphatic heterocycles. The lowest BCUT2D eigenvalue weighted by Gasteiger charge is -2.19. The van der Waals surface area contributed by atoms with Gasteiger partial charge in [-0.2, -0.15) is 0 Å². The molecule has 1 amide bonds. The molecule has 4 rings (SSSR count). The highest BCUT2D eigenvalue weighted by molar-refractivity contribution is 7.99. The zero-order valence-corrected chi connectivity index (χ0v) is 18.1. The molecule has 0 fully saturated rings. The molecule has 3 heterocycles. The van der Waals surface area contributed by atoms with E-state index in [0.29, 0.717) is 25.5 Å². The number of benzene rings is 1. The van der Waals surface area contributed by atoms with E-state index in [0.717, 1.165) is 34.5 Å². The van der Waals surface area contributed by atoms with Gasteiger partial charge >= 0.3 is 0 Å². The lowest BCUT2D eigenvalue weighted by Crippen LogP contribution is -2.27. The third-order valence-corrected chi connectivity index (χ3v) is 6.53. The number of fused-ring (bicyclic) bond motifs is 1. The van der Waals surface area contributed by atoms with Gasteiger partial charge in [0, 0.05) is 24.0 Å². The highest BCUT2D eigenvalue weighted by Gasteiger charge is 2.18. The van der Waals surface area contributed by atoms with E-state index in [1.165, 1.54) is 16.6 Å². The minimum Gasteiger partial charge on any atom is -0.486 e. The summed E-state index contributed by atoms with van der Waals surface area (Å²) in [6.07, 6.45) is 1.86. The second-order valence-electron chi connectivity index (χ2n) is 6.65. The summed E-state index contributed by atoms with van der Waals surface area (Å²) in [5.74, 6) is 1.99. The van der Waals surface area contributed by atoms with Crippen molar-refractivity contribution in [3.05, 3.63) is 46.8 Å². The van der Waals surface area contributed by atoms with Crippen LogP contribution in [-0.2, 0) is 17.9 Å². The first-order valence-electron chi connectivity index (χ1n) is 9.50. The molecule has 1 aromatic carbocycles. The Morgan fingerprint density at radius 2 is 2.10 bits per heavy atom. The predicted octanol–water partition coefficient (Wildman–Crippen LogP) is 4.15. The topological polar surface area (TPSA) is 56.6 Å². The van der Waals surface area contributed by atoms with E-state index in [1.54, 1.807) is 16.2 Å². The van der Waals surface area contributed by atoms with Gasteiger partial charge in [0.2, 0.25) is 5.91 Å². The molecule has 0 bridgehead atoms. The summed E-state index contributed by atoms with van der Waals surface area (Å²) in [6, 6.07) is 10.00. The zero-order chi connectivity index (χ0) is 20.2. The lowest BCUT2D eigenvalue weighted by atomic mass is 10.1. The number of carbonyl (C=O) groups excluding carboxylic acids is 1. The van der Waals surface area contributed by atoms with Gasteiger partial charge in [0.25, 0.3) is 0 Å². The number of thiophene rings is 1. The van der Waals surface area contributed by atoms with E-state index < -0.39 is 0 Å². The molecular weight excluding hydrogens is 406 g/mol. The highest BCUT2D eigenvalue weighted by Crippen LogP contribution is 2.35. The standard InChI is InChI=1S/C21H23N3O3S2/c1-3-24-17(15-6-7-18-19(11-15)27-9-8-26-18)12-22-21(24)29-14-20(25)23(2)13-16-5-4-10-28-16/h4-7,10-12H,3,8-9,13-14H2,1-2H3. The van der Waals surface area contributed by atoms with Gasteiger partial charge < -0.3 is 18.9 Å². The van der Waals surface area contributed by atoms with E-state index >= 15 is 0 Å². The molecule has 29 heavy (non-hydrogen) atoms. The molecule has 0 radical (unpaired) electrons. The molecule has 2 aromatic heterocycles. The quantitative estimate of drug-likeness (QED) is 0.528. The monoisotopic (exact) mass is 429 g/mol. The molecule has 152 valence electrons. The smallest absolute Gasteiger partial charge is 0.233 e. The first-order chi connectivity index (χ1) is 14.2. The number of nitrogens with zero attached hydrogens (tertiary/aromatic N) is 3. The van der Waals surface area contributed by atoms with Gasteiger partial charge in [0.15, 0.2) is 16.7 Å². The Morgan fingerprint density at radius 3 is 2.86 bits per heavy atom. The number of rotatable bonds is 7. The molecule has 0 unspecified atom stereocenters. The van der Waals surface area contributed by atoms with Crippen molar-refractivity contribution in [2.45, 2.75) is 25.2 Å².